The summed E-state index contributed by atoms with van der Waals surface area (Å²) < 4.78 is 5.59. The van der Waals surface area contributed by atoms with E-state index in [-0.39, 0.29) is 30.3 Å². The summed E-state index contributed by atoms with van der Waals surface area (Å²) in [6.07, 6.45) is 2.57. The second-order valence-corrected chi connectivity index (χ2v) is 8.99. The first-order chi connectivity index (χ1) is 15.9. The Balaban J connectivity index is 1.22. The molecule has 1 unspecified atom stereocenters. The van der Waals surface area contributed by atoms with E-state index >= 15 is 0 Å². The number of carbonyl (C=O) groups excluding carboxylic acids is 2. The number of hydrogen-bond donors (Lipinski definition) is 3. The van der Waals surface area contributed by atoms with E-state index in [1.807, 2.05) is 24.3 Å². The number of fused-ring (bicyclic) bond motifs is 3. The summed E-state index contributed by atoms with van der Waals surface area (Å²) in [7, 11) is 0. The predicted molar refractivity (Wildman–Crippen MR) is 124 cm³/mol. The van der Waals surface area contributed by atoms with Crippen molar-refractivity contribution in [2.45, 2.75) is 44.6 Å². The maximum atomic E-state index is 12.4. The highest BCUT2D eigenvalue weighted by molar-refractivity contribution is 5.84. The minimum Gasteiger partial charge on any atom is -0.480 e. The van der Waals surface area contributed by atoms with Gasteiger partial charge in [0, 0.05) is 18.4 Å². The molecule has 0 bridgehead atoms. The summed E-state index contributed by atoms with van der Waals surface area (Å²) in [6.45, 7) is 2.26. The van der Waals surface area contributed by atoms with E-state index < -0.39 is 18.1 Å². The van der Waals surface area contributed by atoms with Gasteiger partial charge in [-0.15, -0.1) is 0 Å². The van der Waals surface area contributed by atoms with E-state index in [4.69, 9.17) is 9.84 Å². The molecule has 2 aliphatic carbocycles. The number of carboxylic acids is 1. The van der Waals surface area contributed by atoms with Crippen LogP contribution in [0.25, 0.3) is 11.1 Å². The maximum absolute atomic E-state index is 12.4. The third kappa shape index (κ3) is 5.18. The smallest absolute Gasteiger partial charge is 0.407 e. The van der Waals surface area contributed by atoms with Gasteiger partial charge >= 0.3 is 12.1 Å². The van der Waals surface area contributed by atoms with Crippen molar-refractivity contribution in [2.75, 3.05) is 13.2 Å². The summed E-state index contributed by atoms with van der Waals surface area (Å²) in [6, 6.07) is 15.6. The number of carboxylic acid groups (broad SMARTS) is 1. The number of amides is 2. The molecule has 0 saturated heterocycles. The molecule has 1 fully saturated rings. The lowest BCUT2D eigenvalue weighted by molar-refractivity contribution is -0.142. The molecule has 3 N–H and O–H groups in total. The molecule has 1 saturated carbocycles. The summed E-state index contributed by atoms with van der Waals surface area (Å²) in [4.78, 5) is 35.5. The van der Waals surface area contributed by atoms with Gasteiger partial charge in [0.1, 0.15) is 12.6 Å². The minimum atomic E-state index is -1.04. The Morgan fingerprint density at radius 3 is 2.12 bits per heavy atom. The van der Waals surface area contributed by atoms with Crippen LogP contribution in [0, 0.1) is 11.8 Å². The number of carbonyl (C=O) groups is 3. The quantitative estimate of drug-likeness (QED) is 0.593. The zero-order chi connectivity index (χ0) is 23.4. The van der Waals surface area contributed by atoms with E-state index in [2.05, 4.69) is 34.9 Å². The molecule has 2 amide bonds. The molecule has 2 aliphatic rings. The maximum Gasteiger partial charge on any atom is 0.407 e. The normalized spacial score (nSPS) is 20.3. The Morgan fingerprint density at radius 1 is 0.970 bits per heavy atom. The average molecular weight is 451 g/mol. The Bertz CT molecular complexity index is 983. The lowest BCUT2D eigenvalue weighted by Gasteiger charge is -2.28. The van der Waals surface area contributed by atoms with Crippen molar-refractivity contribution in [3.63, 3.8) is 0 Å². The van der Waals surface area contributed by atoms with Crippen LogP contribution in [0.1, 0.15) is 49.7 Å². The van der Waals surface area contributed by atoms with E-state index in [0.29, 0.717) is 19.4 Å². The van der Waals surface area contributed by atoms with Crippen LogP contribution in [0.5, 0.6) is 0 Å². The Morgan fingerprint density at radius 2 is 1.55 bits per heavy atom. The molecule has 2 aromatic carbocycles. The monoisotopic (exact) mass is 450 g/mol. The van der Waals surface area contributed by atoms with Gasteiger partial charge in [-0.3, -0.25) is 9.59 Å². The SMILES string of the molecule is CC(NC(=O)C1CCC(CNC(=O)OCC2c3ccccc3-c3ccccc32)CC1)C(=O)O. The Kier molecular flexibility index (Phi) is 6.96. The van der Waals surface area contributed by atoms with Crippen LogP contribution in [0.4, 0.5) is 4.79 Å². The number of hydrogen-bond acceptors (Lipinski definition) is 4. The Labute approximate surface area is 193 Å². The third-order valence-corrected chi connectivity index (χ3v) is 6.83. The fourth-order valence-corrected chi connectivity index (χ4v) is 4.90. The topological polar surface area (TPSA) is 105 Å². The van der Waals surface area contributed by atoms with E-state index in [1.165, 1.54) is 29.2 Å². The van der Waals surface area contributed by atoms with Gasteiger partial charge in [0.25, 0.3) is 0 Å². The van der Waals surface area contributed by atoms with E-state index in [9.17, 15) is 14.4 Å². The average Bonchev–Trinajstić information content (AvgIpc) is 3.15. The molecule has 1 atom stereocenters. The van der Waals surface area contributed by atoms with Crippen molar-refractivity contribution in [1.82, 2.24) is 10.6 Å². The van der Waals surface area contributed by atoms with Crippen molar-refractivity contribution in [2.24, 2.45) is 11.8 Å². The number of rotatable bonds is 7. The van der Waals surface area contributed by atoms with Gasteiger partial charge in [0.2, 0.25) is 5.91 Å². The summed E-state index contributed by atoms with van der Waals surface area (Å²) in [5.74, 6) is -1.09. The van der Waals surface area contributed by atoms with Crippen LogP contribution in [0.15, 0.2) is 48.5 Å². The first kappa shape index (κ1) is 22.8. The highest BCUT2D eigenvalue weighted by atomic mass is 16.5. The first-order valence-electron chi connectivity index (χ1n) is 11.6. The van der Waals surface area contributed by atoms with Gasteiger partial charge in [0.05, 0.1) is 0 Å². The predicted octanol–water partition coefficient (Wildman–Crippen LogP) is 3.92. The van der Waals surface area contributed by atoms with Crippen LogP contribution in [-0.4, -0.2) is 42.3 Å². The lowest BCUT2D eigenvalue weighted by atomic mass is 9.81. The summed E-state index contributed by atoms with van der Waals surface area (Å²) in [5.41, 5.74) is 4.75. The number of aliphatic carboxylic acids is 1. The molecule has 0 radical (unpaired) electrons. The second kappa shape index (κ2) is 10.1. The second-order valence-electron chi connectivity index (χ2n) is 8.99. The van der Waals surface area contributed by atoms with Gasteiger partial charge < -0.3 is 20.5 Å². The molecular weight excluding hydrogens is 420 g/mol. The van der Waals surface area contributed by atoms with Gasteiger partial charge in [-0.25, -0.2) is 4.79 Å². The van der Waals surface area contributed by atoms with Gasteiger partial charge in [-0.05, 0) is 60.8 Å². The van der Waals surface area contributed by atoms with Crippen LogP contribution in [-0.2, 0) is 14.3 Å². The first-order valence-corrected chi connectivity index (χ1v) is 11.6. The molecule has 4 rings (SSSR count). The fourth-order valence-electron chi connectivity index (χ4n) is 4.90. The van der Waals surface area contributed by atoms with Crippen molar-refractivity contribution in [3.8, 4) is 11.1 Å². The molecule has 0 heterocycles. The fraction of sp³-hybridized carbons (Fsp3) is 0.423. The van der Waals surface area contributed by atoms with Gasteiger partial charge in [-0.2, -0.15) is 0 Å². The van der Waals surface area contributed by atoms with E-state index in [0.717, 1.165) is 12.8 Å². The molecular formula is C26H30N2O5. The third-order valence-electron chi connectivity index (χ3n) is 6.83. The number of ether oxygens (including phenoxy) is 1. The van der Waals surface area contributed by atoms with Crippen LogP contribution < -0.4 is 10.6 Å². The zero-order valence-electron chi connectivity index (χ0n) is 18.8. The minimum absolute atomic E-state index is 0.0327. The van der Waals surface area contributed by atoms with Crippen LogP contribution >= 0.6 is 0 Å². The standard InChI is InChI=1S/C26H30N2O5/c1-16(25(30)31)28-24(29)18-12-10-17(11-13-18)14-27-26(32)33-15-23-21-8-4-2-6-19(21)20-7-3-5-9-22(20)23/h2-9,16-18,23H,10-15H2,1H3,(H,27,32)(H,28,29)(H,30,31). The molecule has 7 nitrogen and oxygen atoms in total. The number of alkyl carbamates (subject to hydrolysis) is 1. The highest BCUT2D eigenvalue weighted by Crippen LogP contribution is 2.44. The lowest BCUT2D eigenvalue weighted by Crippen LogP contribution is -2.43. The number of nitrogens with one attached hydrogen (secondary N) is 2. The zero-order valence-corrected chi connectivity index (χ0v) is 18.8. The van der Waals surface area contributed by atoms with Crippen molar-refractivity contribution < 1.29 is 24.2 Å². The Hall–Kier alpha value is -3.35. The van der Waals surface area contributed by atoms with E-state index in [1.54, 1.807) is 0 Å². The van der Waals surface area contributed by atoms with Gasteiger partial charge in [0.15, 0.2) is 0 Å². The molecule has 33 heavy (non-hydrogen) atoms. The largest absolute Gasteiger partial charge is 0.480 e. The highest BCUT2D eigenvalue weighted by Gasteiger charge is 2.30. The molecule has 0 aliphatic heterocycles. The summed E-state index contributed by atoms with van der Waals surface area (Å²) in [5, 5.41) is 14.4. The van der Waals surface area contributed by atoms with Crippen molar-refractivity contribution in [3.05, 3.63) is 59.7 Å². The summed E-state index contributed by atoms with van der Waals surface area (Å²) >= 11 is 0. The van der Waals surface area contributed by atoms with Crippen LogP contribution in [0.2, 0.25) is 0 Å². The molecule has 174 valence electrons. The molecule has 0 spiro atoms. The van der Waals surface area contributed by atoms with Gasteiger partial charge in [-0.1, -0.05) is 48.5 Å². The van der Waals surface area contributed by atoms with Crippen LogP contribution in [0.3, 0.4) is 0 Å². The molecule has 2 aromatic rings. The molecule has 0 aromatic heterocycles. The van der Waals surface area contributed by atoms with Crippen molar-refractivity contribution >= 4 is 18.0 Å². The van der Waals surface area contributed by atoms with Crippen molar-refractivity contribution in [1.29, 1.82) is 0 Å². The number of benzene rings is 2. The molecule has 7 heteroatoms.